The fourth-order valence-corrected chi connectivity index (χ4v) is 3.98. The zero-order valence-electron chi connectivity index (χ0n) is 17.1. The van der Waals surface area contributed by atoms with E-state index in [1.54, 1.807) is 43.0 Å². The first-order chi connectivity index (χ1) is 14.4. The molecule has 158 valence electrons. The summed E-state index contributed by atoms with van der Waals surface area (Å²) in [6.07, 6.45) is 3.62. The molecule has 0 saturated carbocycles. The highest BCUT2D eigenvalue weighted by Crippen LogP contribution is 2.24. The Morgan fingerprint density at radius 1 is 1.20 bits per heavy atom. The van der Waals surface area contributed by atoms with Crippen molar-refractivity contribution < 1.29 is 13.6 Å². The van der Waals surface area contributed by atoms with Crippen LogP contribution in [-0.4, -0.2) is 41.0 Å². The van der Waals surface area contributed by atoms with Crippen molar-refractivity contribution >= 4 is 17.7 Å². The highest BCUT2D eigenvalue weighted by atomic mass is 32.2. The molecule has 1 aromatic heterocycles. The molecule has 2 aromatic carbocycles. The van der Waals surface area contributed by atoms with Gasteiger partial charge in [-0.1, -0.05) is 30.0 Å². The van der Waals surface area contributed by atoms with Crippen molar-refractivity contribution in [2.24, 2.45) is 7.05 Å². The van der Waals surface area contributed by atoms with E-state index in [1.165, 1.54) is 18.2 Å². The first-order valence-electron chi connectivity index (χ1n) is 9.44. The van der Waals surface area contributed by atoms with E-state index in [0.29, 0.717) is 11.3 Å². The van der Waals surface area contributed by atoms with Gasteiger partial charge in [0.25, 0.3) is 5.91 Å². The van der Waals surface area contributed by atoms with Gasteiger partial charge in [0.05, 0.1) is 6.04 Å². The Morgan fingerprint density at radius 3 is 2.53 bits per heavy atom. The van der Waals surface area contributed by atoms with Crippen LogP contribution in [0.4, 0.5) is 8.78 Å². The van der Waals surface area contributed by atoms with Gasteiger partial charge in [0.2, 0.25) is 0 Å². The minimum absolute atomic E-state index is 0.0528. The van der Waals surface area contributed by atoms with Gasteiger partial charge in [-0.05, 0) is 43.9 Å². The van der Waals surface area contributed by atoms with Crippen LogP contribution in [0.2, 0.25) is 0 Å². The summed E-state index contributed by atoms with van der Waals surface area (Å²) in [5.74, 6) is -0.873. The third-order valence-electron chi connectivity index (χ3n) is 4.75. The molecule has 3 aromatic rings. The first-order valence-corrected chi connectivity index (χ1v) is 10.4. The number of nitrogens with one attached hydrogen (secondary N) is 1. The number of likely N-dealkylation sites (N-methyl/N-ethyl adjacent to an activating group) is 1. The van der Waals surface area contributed by atoms with Crippen LogP contribution >= 0.6 is 11.8 Å². The molecule has 1 amide bonds. The zero-order chi connectivity index (χ0) is 21.7. The summed E-state index contributed by atoms with van der Waals surface area (Å²) in [6.45, 7) is 0.0793. The molecular weight excluding hydrogens is 406 g/mol. The molecule has 0 spiro atoms. The van der Waals surface area contributed by atoms with Gasteiger partial charge in [-0.2, -0.15) is 0 Å². The maximum absolute atomic E-state index is 14.2. The molecule has 3 rings (SSSR count). The second-order valence-electron chi connectivity index (χ2n) is 7.13. The van der Waals surface area contributed by atoms with E-state index < -0.39 is 17.7 Å². The molecule has 0 fully saturated rings. The van der Waals surface area contributed by atoms with Crippen LogP contribution in [0.15, 0.2) is 60.0 Å². The molecule has 0 aliphatic heterocycles. The quantitative estimate of drug-likeness (QED) is 0.549. The monoisotopic (exact) mass is 430 g/mol. The molecule has 0 aliphatic rings. The number of carbonyl (C=O) groups excluding carboxylic acids is 1. The molecule has 1 heterocycles. The average Bonchev–Trinajstić information content (AvgIpc) is 3.13. The van der Waals surface area contributed by atoms with Gasteiger partial charge >= 0.3 is 0 Å². The van der Waals surface area contributed by atoms with Crippen LogP contribution in [0.25, 0.3) is 0 Å². The fraction of sp³-hybridized carbons (Fsp3) is 0.273. The summed E-state index contributed by atoms with van der Waals surface area (Å²) >= 11 is 1.58. The van der Waals surface area contributed by atoms with Gasteiger partial charge < -0.3 is 14.8 Å². The van der Waals surface area contributed by atoms with Crippen LogP contribution in [0.3, 0.4) is 0 Å². The zero-order valence-corrected chi connectivity index (χ0v) is 17.9. The number of hydrogen-bond donors (Lipinski definition) is 1. The van der Waals surface area contributed by atoms with Crippen LogP contribution in [-0.2, 0) is 12.8 Å². The Labute approximate surface area is 179 Å². The van der Waals surface area contributed by atoms with Crippen molar-refractivity contribution in [1.82, 2.24) is 19.8 Å². The summed E-state index contributed by atoms with van der Waals surface area (Å²) in [5.41, 5.74) is 1.43. The van der Waals surface area contributed by atoms with E-state index >= 15 is 0 Å². The lowest BCUT2D eigenvalue weighted by atomic mass is 10.0. The van der Waals surface area contributed by atoms with Gasteiger partial charge in [0.15, 0.2) is 5.16 Å². The average molecular weight is 431 g/mol. The highest BCUT2D eigenvalue weighted by molar-refractivity contribution is 7.98. The summed E-state index contributed by atoms with van der Waals surface area (Å²) < 4.78 is 30.3. The Hall–Kier alpha value is -2.71. The SMILES string of the molecule is CN(C)C(CNC(=O)c1cccc(CSc2nccn2C)c1)c1c(F)cccc1F. The Morgan fingerprint density at radius 2 is 1.90 bits per heavy atom. The van der Waals surface area contributed by atoms with Crippen LogP contribution < -0.4 is 5.32 Å². The number of halogens is 2. The van der Waals surface area contributed by atoms with Crippen molar-refractivity contribution in [3.63, 3.8) is 0 Å². The third kappa shape index (κ3) is 5.25. The van der Waals surface area contributed by atoms with E-state index in [-0.39, 0.29) is 18.0 Å². The number of rotatable bonds is 8. The Bertz CT molecular complexity index is 1000. The number of hydrogen-bond acceptors (Lipinski definition) is 4. The number of nitrogens with zero attached hydrogens (tertiary/aromatic N) is 3. The maximum atomic E-state index is 14.2. The molecule has 1 atom stereocenters. The van der Waals surface area contributed by atoms with Gasteiger partial charge in [-0.15, -0.1) is 0 Å². The minimum atomic E-state index is -0.628. The number of benzene rings is 2. The van der Waals surface area contributed by atoms with Crippen LogP contribution in [0.5, 0.6) is 0 Å². The lowest BCUT2D eigenvalue weighted by Crippen LogP contribution is -2.35. The largest absolute Gasteiger partial charge is 0.350 e. The predicted molar refractivity (Wildman–Crippen MR) is 114 cm³/mol. The topological polar surface area (TPSA) is 50.2 Å². The maximum Gasteiger partial charge on any atom is 0.251 e. The minimum Gasteiger partial charge on any atom is -0.350 e. The number of aromatic nitrogens is 2. The standard InChI is InChI=1S/C22H24F2N4OS/c1-27(2)19(20-17(23)8-5-9-18(20)24)13-26-21(29)16-7-4-6-15(12-16)14-30-22-25-10-11-28(22)3/h4-12,19H,13-14H2,1-3H3,(H,26,29). The molecule has 0 aliphatic carbocycles. The summed E-state index contributed by atoms with van der Waals surface area (Å²) in [4.78, 5) is 18.6. The number of aryl methyl sites for hydroxylation is 1. The van der Waals surface area contributed by atoms with Crippen molar-refractivity contribution in [3.05, 3.63) is 83.2 Å². The molecule has 0 radical (unpaired) electrons. The van der Waals surface area contributed by atoms with Crippen molar-refractivity contribution in [2.45, 2.75) is 17.0 Å². The van der Waals surface area contributed by atoms with E-state index in [0.717, 1.165) is 10.7 Å². The van der Waals surface area contributed by atoms with Gasteiger partial charge in [0.1, 0.15) is 11.6 Å². The van der Waals surface area contributed by atoms with E-state index in [1.807, 2.05) is 36.0 Å². The summed E-state index contributed by atoms with van der Waals surface area (Å²) in [7, 11) is 5.37. The molecule has 5 nitrogen and oxygen atoms in total. The van der Waals surface area contributed by atoms with Crippen LogP contribution in [0.1, 0.15) is 27.5 Å². The van der Waals surface area contributed by atoms with Crippen molar-refractivity contribution in [3.8, 4) is 0 Å². The lowest BCUT2D eigenvalue weighted by molar-refractivity contribution is 0.0940. The Balaban J connectivity index is 1.67. The molecule has 0 saturated heterocycles. The summed E-state index contributed by atoms with van der Waals surface area (Å²) in [5, 5.41) is 3.70. The molecule has 1 unspecified atom stereocenters. The first kappa shape index (κ1) is 22.0. The van der Waals surface area contributed by atoms with E-state index in [2.05, 4.69) is 10.3 Å². The van der Waals surface area contributed by atoms with Gasteiger partial charge in [0, 0.05) is 42.9 Å². The second-order valence-corrected chi connectivity index (χ2v) is 8.08. The lowest BCUT2D eigenvalue weighted by Gasteiger charge is -2.26. The fourth-order valence-electron chi connectivity index (χ4n) is 3.10. The van der Waals surface area contributed by atoms with Gasteiger partial charge in [-0.25, -0.2) is 13.8 Å². The Kier molecular flexibility index (Phi) is 7.23. The molecule has 30 heavy (non-hydrogen) atoms. The number of imidazole rings is 1. The highest BCUT2D eigenvalue weighted by Gasteiger charge is 2.23. The molecule has 0 bridgehead atoms. The predicted octanol–water partition coefficient (Wildman–Crippen LogP) is 4.02. The molecular formula is C22H24F2N4OS. The van der Waals surface area contributed by atoms with Crippen LogP contribution in [0, 0.1) is 11.6 Å². The van der Waals surface area contributed by atoms with Gasteiger partial charge in [-0.3, -0.25) is 4.79 Å². The normalized spacial score (nSPS) is 12.2. The number of carbonyl (C=O) groups is 1. The number of amides is 1. The molecule has 8 heteroatoms. The third-order valence-corrected chi connectivity index (χ3v) is 5.88. The molecule has 1 N–H and O–H groups in total. The number of thioether (sulfide) groups is 1. The van der Waals surface area contributed by atoms with Crippen molar-refractivity contribution in [1.29, 1.82) is 0 Å². The summed E-state index contributed by atoms with van der Waals surface area (Å²) in [6, 6.07) is 10.5. The van der Waals surface area contributed by atoms with E-state index in [9.17, 15) is 13.6 Å². The van der Waals surface area contributed by atoms with Crippen molar-refractivity contribution in [2.75, 3.05) is 20.6 Å². The van der Waals surface area contributed by atoms with E-state index in [4.69, 9.17) is 0 Å². The smallest absolute Gasteiger partial charge is 0.251 e. The second kappa shape index (κ2) is 9.86.